The molecule has 18 heavy (non-hydrogen) atoms. The fourth-order valence-electron chi connectivity index (χ4n) is 1.69. The molecule has 1 N–H and O–H groups in total. The molecule has 0 bridgehead atoms. The largest absolute Gasteiger partial charge is 0.508 e. The number of ether oxygens (including phenoxy) is 1. The number of rotatable bonds is 3. The molecule has 0 aliphatic carbocycles. The van der Waals surface area contributed by atoms with Crippen LogP contribution in [-0.4, -0.2) is 19.3 Å². The summed E-state index contributed by atoms with van der Waals surface area (Å²) in [5.74, 6) is 0.902. The van der Waals surface area contributed by atoms with Crippen LogP contribution in [0.15, 0.2) is 42.5 Å². The van der Waals surface area contributed by atoms with E-state index < -0.39 is 0 Å². The van der Waals surface area contributed by atoms with E-state index in [4.69, 9.17) is 16.3 Å². The molecule has 0 fully saturated rings. The third kappa shape index (κ3) is 2.51. The smallest absolute Gasteiger partial charge is 0.137 e. The van der Waals surface area contributed by atoms with Gasteiger partial charge in [0.15, 0.2) is 0 Å². The number of benzene rings is 2. The zero-order valence-corrected chi connectivity index (χ0v) is 11.0. The van der Waals surface area contributed by atoms with Gasteiger partial charge in [-0.1, -0.05) is 11.6 Å². The van der Waals surface area contributed by atoms with Crippen LogP contribution in [-0.2, 0) is 0 Å². The van der Waals surface area contributed by atoms with Crippen molar-refractivity contribution in [3.8, 4) is 11.5 Å². The first-order chi connectivity index (χ1) is 8.61. The van der Waals surface area contributed by atoms with Crippen LogP contribution in [0, 0.1) is 0 Å². The van der Waals surface area contributed by atoms with Gasteiger partial charge < -0.3 is 14.7 Å². The standard InChI is InChI=1S/C14H14ClNO2/c1-16(10-3-6-12(17)7-4-10)11-5-8-14(18-2)13(15)9-11/h3-9,17H,1-2H3. The van der Waals surface area contributed by atoms with Crippen LogP contribution < -0.4 is 9.64 Å². The van der Waals surface area contributed by atoms with Gasteiger partial charge in [0.1, 0.15) is 11.5 Å². The maximum Gasteiger partial charge on any atom is 0.137 e. The highest BCUT2D eigenvalue weighted by atomic mass is 35.5. The number of anilines is 2. The lowest BCUT2D eigenvalue weighted by molar-refractivity contribution is 0.415. The average Bonchev–Trinajstić information content (AvgIpc) is 2.38. The first kappa shape index (κ1) is 12.6. The summed E-state index contributed by atoms with van der Waals surface area (Å²) >= 11 is 6.09. The van der Waals surface area contributed by atoms with E-state index in [0.717, 1.165) is 11.4 Å². The Kier molecular flexibility index (Phi) is 3.63. The molecule has 0 saturated carbocycles. The van der Waals surface area contributed by atoms with Gasteiger partial charge in [-0.25, -0.2) is 0 Å². The van der Waals surface area contributed by atoms with E-state index in [0.29, 0.717) is 10.8 Å². The van der Waals surface area contributed by atoms with Gasteiger partial charge >= 0.3 is 0 Å². The number of halogens is 1. The number of methoxy groups -OCH3 is 1. The van der Waals surface area contributed by atoms with Gasteiger partial charge in [-0.2, -0.15) is 0 Å². The number of hydrogen-bond acceptors (Lipinski definition) is 3. The number of aromatic hydroxyl groups is 1. The quantitative estimate of drug-likeness (QED) is 0.914. The molecule has 0 spiro atoms. The molecule has 94 valence electrons. The first-order valence-corrected chi connectivity index (χ1v) is 5.86. The second kappa shape index (κ2) is 5.19. The van der Waals surface area contributed by atoms with Gasteiger partial charge in [0.25, 0.3) is 0 Å². The summed E-state index contributed by atoms with van der Waals surface area (Å²) in [4.78, 5) is 1.98. The maximum absolute atomic E-state index is 9.27. The molecule has 0 aliphatic rings. The van der Waals surface area contributed by atoms with E-state index in [2.05, 4.69) is 0 Å². The molecule has 0 saturated heterocycles. The van der Waals surface area contributed by atoms with E-state index in [9.17, 15) is 5.11 Å². The van der Waals surface area contributed by atoms with Crippen LogP contribution in [0.1, 0.15) is 0 Å². The van der Waals surface area contributed by atoms with Crippen molar-refractivity contribution in [1.29, 1.82) is 0 Å². The summed E-state index contributed by atoms with van der Waals surface area (Å²) in [5, 5.41) is 9.84. The van der Waals surface area contributed by atoms with Crippen LogP contribution in [0.2, 0.25) is 5.02 Å². The normalized spacial score (nSPS) is 10.2. The Morgan fingerprint density at radius 2 is 1.67 bits per heavy atom. The highest BCUT2D eigenvalue weighted by Crippen LogP contribution is 2.32. The fraction of sp³-hybridized carbons (Fsp3) is 0.143. The minimum Gasteiger partial charge on any atom is -0.508 e. The van der Waals surface area contributed by atoms with Crippen LogP contribution in [0.5, 0.6) is 11.5 Å². The fourth-order valence-corrected chi connectivity index (χ4v) is 1.94. The highest BCUT2D eigenvalue weighted by molar-refractivity contribution is 6.32. The molecule has 0 aliphatic heterocycles. The van der Waals surface area contributed by atoms with E-state index in [-0.39, 0.29) is 5.75 Å². The van der Waals surface area contributed by atoms with Gasteiger partial charge in [0.05, 0.1) is 12.1 Å². The lowest BCUT2D eigenvalue weighted by Crippen LogP contribution is -2.09. The van der Waals surface area contributed by atoms with Crippen molar-refractivity contribution < 1.29 is 9.84 Å². The zero-order valence-electron chi connectivity index (χ0n) is 10.2. The van der Waals surface area contributed by atoms with Crippen molar-refractivity contribution in [1.82, 2.24) is 0 Å². The topological polar surface area (TPSA) is 32.7 Å². The van der Waals surface area contributed by atoms with E-state index in [1.807, 2.05) is 42.3 Å². The van der Waals surface area contributed by atoms with Crippen molar-refractivity contribution in [2.24, 2.45) is 0 Å². The minimum atomic E-state index is 0.250. The summed E-state index contributed by atoms with van der Waals surface area (Å²) in [6.45, 7) is 0. The third-order valence-corrected chi connectivity index (χ3v) is 3.06. The molecule has 0 heterocycles. The lowest BCUT2D eigenvalue weighted by atomic mass is 10.2. The number of nitrogens with zero attached hydrogens (tertiary/aromatic N) is 1. The van der Waals surface area contributed by atoms with Crippen molar-refractivity contribution in [2.75, 3.05) is 19.1 Å². The minimum absolute atomic E-state index is 0.250. The van der Waals surface area contributed by atoms with Crippen LogP contribution in [0.4, 0.5) is 11.4 Å². The van der Waals surface area contributed by atoms with Crippen molar-refractivity contribution in [2.45, 2.75) is 0 Å². The van der Waals surface area contributed by atoms with Gasteiger partial charge in [-0.05, 0) is 42.5 Å². The van der Waals surface area contributed by atoms with Gasteiger partial charge in [-0.3, -0.25) is 0 Å². The van der Waals surface area contributed by atoms with Crippen LogP contribution in [0.25, 0.3) is 0 Å². The molecule has 0 amide bonds. The van der Waals surface area contributed by atoms with Crippen LogP contribution >= 0.6 is 11.6 Å². The number of hydrogen-bond donors (Lipinski definition) is 1. The Bertz CT molecular complexity index is 540. The first-order valence-electron chi connectivity index (χ1n) is 5.48. The van der Waals surface area contributed by atoms with Crippen molar-refractivity contribution >= 4 is 23.0 Å². The lowest BCUT2D eigenvalue weighted by Gasteiger charge is -2.20. The maximum atomic E-state index is 9.27. The predicted octanol–water partition coefficient (Wildman–Crippen LogP) is 3.82. The monoisotopic (exact) mass is 263 g/mol. The molecule has 0 radical (unpaired) electrons. The average molecular weight is 264 g/mol. The second-order valence-electron chi connectivity index (χ2n) is 3.89. The molecule has 2 aromatic carbocycles. The van der Waals surface area contributed by atoms with Gasteiger partial charge in [-0.15, -0.1) is 0 Å². The summed E-state index contributed by atoms with van der Waals surface area (Å²) in [7, 11) is 3.52. The summed E-state index contributed by atoms with van der Waals surface area (Å²) in [5.41, 5.74) is 1.92. The van der Waals surface area contributed by atoms with Crippen LogP contribution in [0.3, 0.4) is 0 Å². The molecule has 0 unspecified atom stereocenters. The molecule has 2 aromatic rings. The van der Waals surface area contributed by atoms with Gasteiger partial charge in [0, 0.05) is 18.4 Å². The van der Waals surface area contributed by atoms with Crippen molar-refractivity contribution in [3.63, 3.8) is 0 Å². The molecule has 2 rings (SSSR count). The highest BCUT2D eigenvalue weighted by Gasteiger charge is 2.07. The second-order valence-corrected chi connectivity index (χ2v) is 4.30. The Labute approximate surface area is 111 Å². The molecule has 0 atom stereocenters. The predicted molar refractivity (Wildman–Crippen MR) is 74.2 cm³/mol. The Balaban J connectivity index is 2.31. The Morgan fingerprint density at radius 1 is 1.06 bits per heavy atom. The Hall–Kier alpha value is -1.87. The Morgan fingerprint density at radius 3 is 2.22 bits per heavy atom. The molecule has 4 heteroatoms. The molecular weight excluding hydrogens is 250 g/mol. The summed E-state index contributed by atoms with van der Waals surface area (Å²) in [6, 6.07) is 12.6. The zero-order chi connectivity index (χ0) is 13.1. The molecule has 0 aromatic heterocycles. The number of phenolic OH excluding ortho intramolecular Hbond substituents is 1. The van der Waals surface area contributed by atoms with Crippen molar-refractivity contribution in [3.05, 3.63) is 47.5 Å². The molecule has 3 nitrogen and oxygen atoms in total. The van der Waals surface area contributed by atoms with E-state index in [1.54, 1.807) is 19.2 Å². The molecular formula is C14H14ClNO2. The summed E-state index contributed by atoms with van der Waals surface area (Å²) < 4.78 is 5.12. The third-order valence-electron chi connectivity index (χ3n) is 2.76. The van der Waals surface area contributed by atoms with E-state index >= 15 is 0 Å². The number of phenols is 1. The SMILES string of the molecule is COc1ccc(N(C)c2ccc(O)cc2)cc1Cl. The van der Waals surface area contributed by atoms with E-state index in [1.165, 1.54) is 0 Å². The van der Waals surface area contributed by atoms with Gasteiger partial charge in [0.2, 0.25) is 0 Å². The summed E-state index contributed by atoms with van der Waals surface area (Å²) in [6.07, 6.45) is 0.